The van der Waals surface area contributed by atoms with E-state index in [0.717, 1.165) is 6.41 Å². The topological polar surface area (TPSA) is 29.1 Å². The van der Waals surface area contributed by atoms with Gasteiger partial charge in [0, 0.05) is 6.04 Å². The number of hydrogen-bond acceptors (Lipinski definition) is 1. The quantitative estimate of drug-likeness (QED) is 0.371. The number of hydrogen-bond donors (Lipinski definition) is 1. The Morgan fingerprint density at radius 3 is 2.50 bits per heavy atom. The molecule has 0 heterocycles. The van der Waals surface area contributed by atoms with Crippen molar-refractivity contribution in [2.45, 2.75) is 24.7 Å². The molecule has 1 rings (SSSR count). The Balaban J connectivity index is 2.16. The molecule has 0 aromatic heterocycles. The minimum atomic E-state index is 0.479. The Morgan fingerprint density at radius 1 is 1.62 bits per heavy atom. The Bertz CT molecular complexity index is 96.4. The van der Waals surface area contributed by atoms with Gasteiger partial charge in [0.25, 0.3) is 0 Å². The summed E-state index contributed by atoms with van der Waals surface area (Å²) in [4.78, 5) is 9.84. The van der Waals surface area contributed by atoms with Crippen molar-refractivity contribution >= 4 is 14.3 Å². The lowest BCUT2D eigenvalue weighted by molar-refractivity contribution is -0.110. The van der Waals surface area contributed by atoms with Crippen LogP contribution in [-0.2, 0) is 4.79 Å². The molecule has 0 aromatic carbocycles. The molecule has 0 unspecified atom stereocenters. The van der Waals surface area contributed by atoms with Crippen molar-refractivity contribution in [3.63, 3.8) is 0 Å². The van der Waals surface area contributed by atoms with Gasteiger partial charge in [-0.15, -0.1) is 0 Å². The van der Waals surface area contributed by atoms with Gasteiger partial charge in [-0.3, -0.25) is 4.79 Å². The summed E-state index contributed by atoms with van der Waals surface area (Å²) in [7, 11) is 2.16. The van der Waals surface area contributed by atoms with E-state index < -0.39 is 0 Å². The molecule has 0 radical (unpaired) electrons. The lowest BCUT2D eigenvalue weighted by Gasteiger charge is -2.33. The van der Waals surface area contributed by atoms with Crippen LogP contribution in [0.1, 0.15) is 12.8 Å². The van der Waals surface area contributed by atoms with Crippen LogP contribution >= 0.6 is 0 Å². The van der Waals surface area contributed by atoms with Crippen LogP contribution in [0.2, 0.25) is 5.82 Å². The fourth-order valence-electron chi connectivity index (χ4n) is 1.00. The predicted octanol–water partition coefficient (Wildman–Crippen LogP) is -0.684. The molecule has 0 aliphatic heterocycles. The van der Waals surface area contributed by atoms with Crippen molar-refractivity contribution in [2.75, 3.05) is 0 Å². The van der Waals surface area contributed by atoms with E-state index in [1.54, 1.807) is 0 Å². The third-order valence-corrected chi connectivity index (χ3v) is 1.90. The summed E-state index contributed by atoms with van der Waals surface area (Å²) in [5, 5.41) is 2.75. The normalized spacial score (nSPS) is 35.5. The van der Waals surface area contributed by atoms with Gasteiger partial charge < -0.3 is 5.32 Å². The molecule has 0 spiro atoms. The molecular weight excluding hydrogens is 101 g/mol. The average Bonchev–Trinajstić information content (AvgIpc) is 1.79. The van der Waals surface area contributed by atoms with Crippen LogP contribution in [0.3, 0.4) is 0 Å². The number of carbonyl (C=O) groups is 1. The monoisotopic (exact) mass is 111 g/mol. The zero-order valence-electron chi connectivity index (χ0n) is 5.05. The van der Waals surface area contributed by atoms with Gasteiger partial charge in [-0.2, -0.15) is 0 Å². The maximum absolute atomic E-state index is 9.84. The Kier molecular flexibility index (Phi) is 1.56. The van der Waals surface area contributed by atoms with Crippen molar-refractivity contribution in [1.82, 2.24) is 5.32 Å². The molecule has 1 aliphatic rings. The summed E-state index contributed by atoms with van der Waals surface area (Å²) in [6, 6.07) is 0.479. The summed E-state index contributed by atoms with van der Waals surface area (Å²) in [6.07, 6.45) is 3.23. The van der Waals surface area contributed by atoms with Crippen molar-refractivity contribution in [1.29, 1.82) is 0 Å². The largest absolute Gasteiger partial charge is 0.356 e. The van der Waals surface area contributed by atoms with Crippen LogP contribution in [0.5, 0.6) is 0 Å². The molecule has 2 atom stereocenters. The summed E-state index contributed by atoms with van der Waals surface area (Å²) in [5.41, 5.74) is 0. The second kappa shape index (κ2) is 2.20. The third kappa shape index (κ3) is 0.856. The van der Waals surface area contributed by atoms with E-state index in [4.69, 9.17) is 0 Å². The SMILES string of the molecule is B[C@H]1CC[C@H]1NC=O. The predicted molar refractivity (Wildman–Crippen MR) is 34.5 cm³/mol. The van der Waals surface area contributed by atoms with Crippen LogP contribution in [0.15, 0.2) is 0 Å². The minimum Gasteiger partial charge on any atom is -0.356 e. The second-order valence-corrected chi connectivity index (χ2v) is 2.45. The summed E-state index contributed by atoms with van der Waals surface area (Å²) >= 11 is 0. The van der Waals surface area contributed by atoms with Crippen LogP contribution < -0.4 is 5.32 Å². The van der Waals surface area contributed by atoms with Crippen molar-refractivity contribution < 1.29 is 4.79 Å². The van der Waals surface area contributed by atoms with Crippen LogP contribution in [-0.4, -0.2) is 20.3 Å². The molecule has 1 fully saturated rings. The highest BCUT2D eigenvalue weighted by Gasteiger charge is 2.25. The van der Waals surface area contributed by atoms with E-state index in [-0.39, 0.29) is 0 Å². The summed E-state index contributed by atoms with van der Waals surface area (Å²) in [5.74, 6) is 0.709. The third-order valence-electron chi connectivity index (χ3n) is 1.90. The number of carbonyl (C=O) groups excluding carboxylic acids is 1. The molecule has 1 saturated carbocycles. The first-order valence-electron chi connectivity index (χ1n) is 3.04. The van der Waals surface area contributed by atoms with Crippen molar-refractivity contribution in [2.24, 2.45) is 0 Å². The van der Waals surface area contributed by atoms with Crippen LogP contribution in [0, 0.1) is 0 Å². The number of rotatable bonds is 2. The van der Waals surface area contributed by atoms with Gasteiger partial charge >= 0.3 is 0 Å². The van der Waals surface area contributed by atoms with Gasteiger partial charge in [0.1, 0.15) is 7.85 Å². The van der Waals surface area contributed by atoms with E-state index >= 15 is 0 Å². The molecule has 3 heteroatoms. The zero-order valence-corrected chi connectivity index (χ0v) is 5.05. The molecular formula is C5H10BNO. The van der Waals surface area contributed by atoms with Crippen molar-refractivity contribution in [3.8, 4) is 0 Å². The molecule has 1 N–H and O–H groups in total. The number of amides is 1. The molecule has 0 aromatic rings. The first-order chi connectivity index (χ1) is 3.84. The van der Waals surface area contributed by atoms with Gasteiger partial charge in [-0.25, -0.2) is 0 Å². The summed E-state index contributed by atoms with van der Waals surface area (Å²) < 4.78 is 0. The van der Waals surface area contributed by atoms with E-state index in [9.17, 15) is 4.79 Å². The van der Waals surface area contributed by atoms with E-state index in [1.165, 1.54) is 12.8 Å². The molecule has 0 bridgehead atoms. The standard InChI is InChI=1S/C5H10BNO/c6-4-1-2-5(4)7-3-8/h3-5H,1-2,6H2,(H,7,8)/t4-,5+/m0/s1. The second-order valence-electron chi connectivity index (χ2n) is 2.45. The Morgan fingerprint density at radius 2 is 2.38 bits per heavy atom. The fraction of sp³-hybridized carbons (Fsp3) is 0.800. The van der Waals surface area contributed by atoms with Gasteiger partial charge in [-0.1, -0.05) is 6.42 Å². The molecule has 1 aliphatic carbocycles. The Hall–Kier alpha value is -0.465. The first kappa shape index (κ1) is 5.67. The maximum atomic E-state index is 9.84. The van der Waals surface area contributed by atoms with E-state index in [2.05, 4.69) is 13.2 Å². The maximum Gasteiger partial charge on any atom is 0.207 e. The highest BCUT2D eigenvalue weighted by Crippen LogP contribution is 2.28. The smallest absolute Gasteiger partial charge is 0.207 e. The lowest BCUT2D eigenvalue weighted by atomic mass is 9.67. The van der Waals surface area contributed by atoms with Gasteiger partial charge in [0.2, 0.25) is 6.41 Å². The molecule has 8 heavy (non-hydrogen) atoms. The van der Waals surface area contributed by atoms with E-state index in [1.807, 2.05) is 0 Å². The van der Waals surface area contributed by atoms with Crippen LogP contribution in [0.4, 0.5) is 0 Å². The fourth-order valence-corrected chi connectivity index (χ4v) is 1.00. The lowest BCUT2D eigenvalue weighted by Crippen LogP contribution is -2.39. The van der Waals surface area contributed by atoms with E-state index in [0.29, 0.717) is 11.9 Å². The first-order valence-corrected chi connectivity index (χ1v) is 3.04. The van der Waals surface area contributed by atoms with Gasteiger partial charge in [0.05, 0.1) is 0 Å². The van der Waals surface area contributed by atoms with Gasteiger partial charge in [0.15, 0.2) is 0 Å². The molecule has 1 amide bonds. The Labute approximate surface area is 50.1 Å². The molecule has 0 saturated heterocycles. The number of nitrogens with one attached hydrogen (secondary N) is 1. The van der Waals surface area contributed by atoms with Gasteiger partial charge in [-0.05, 0) is 12.2 Å². The van der Waals surface area contributed by atoms with Crippen LogP contribution in [0.25, 0.3) is 0 Å². The average molecular weight is 111 g/mol. The minimum absolute atomic E-state index is 0.479. The molecule has 2 nitrogen and oxygen atoms in total. The molecule has 44 valence electrons. The van der Waals surface area contributed by atoms with Crippen molar-refractivity contribution in [3.05, 3.63) is 0 Å². The summed E-state index contributed by atoms with van der Waals surface area (Å²) in [6.45, 7) is 0. The highest BCUT2D eigenvalue weighted by atomic mass is 16.1. The highest BCUT2D eigenvalue weighted by molar-refractivity contribution is 6.12. The zero-order chi connectivity index (χ0) is 5.98.